The first-order valence-electron chi connectivity index (χ1n) is 7.30. The Labute approximate surface area is 120 Å². The summed E-state index contributed by atoms with van der Waals surface area (Å²) in [6, 6.07) is 4.06. The van der Waals surface area contributed by atoms with Crippen molar-refractivity contribution >= 4 is 5.91 Å². The van der Waals surface area contributed by atoms with E-state index in [1.807, 2.05) is 34.8 Å². The average Bonchev–Trinajstić information content (AvgIpc) is 3.11. The summed E-state index contributed by atoms with van der Waals surface area (Å²) in [5.74, 6) is 0.516. The zero-order valence-corrected chi connectivity index (χ0v) is 12.4. The van der Waals surface area contributed by atoms with Crippen molar-refractivity contribution in [1.82, 2.24) is 9.47 Å². The van der Waals surface area contributed by atoms with E-state index in [-0.39, 0.29) is 11.9 Å². The van der Waals surface area contributed by atoms with Gasteiger partial charge in [0.15, 0.2) is 0 Å². The minimum Gasteiger partial charge on any atom is -0.383 e. The highest BCUT2D eigenvalue weighted by atomic mass is 16.5. The Morgan fingerprint density at radius 1 is 1.55 bits per heavy atom. The molecule has 0 saturated heterocycles. The first-order valence-corrected chi connectivity index (χ1v) is 7.30. The second kappa shape index (κ2) is 6.90. The number of carbonyl (C=O) groups is 1. The van der Waals surface area contributed by atoms with Crippen LogP contribution in [0.1, 0.15) is 29.8 Å². The van der Waals surface area contributed by atoms with Crippen LogP contribution in [0.5, 0.6) is 0 Å². The fourth-order valence-electron chi connectivity index (χ4n) is 3.13. The van der Waals surface area contributed by atoms with Crippen LogP contribution < -0.4 is 5.73 Å². The molecule has 1 aliphatic rings. The van der Waals surface area contributed by atoms with Gasteiger partial charge in [-0.3, -0.25) is 4.79 Å². The van der Waals surface area contributed by atoms with Crippen molar-refractivity contribution in [2.75, 3.05) is 27.3 Å². The Balaban J connectivity index is 2.08. The fourth-order valence-corrected chi connectivity index (χ4v) is 3.13. The summed E-state index contributed by atoms with van der Waals surface area (Å²) in [7, 11) is 3.57. The van der Waals surface area contributed by atoms with Crippen LogP contribution >= 0.6 is 0 Å². The summed E-state index contributed by atoms with van der Waals surface area (Å²) in [4.78, 5) is 14.5. The molecule has 1 amide bonds. The SMILES string of the molecule is COCCn1cccc1C(=O)N(C)C1CCCC1CN. The van der Waals surface area contributed by atoms with E-state index >= 15 is 0 Å². The van der Waals surface area contributed by atoms with Gasteiger partial charge in [-0.1, -0.05) is 6.42 Å². The largest absolute Gasteiger partial charge is 0.383 e. The van der Waals surface area contributed by atoms with Crippen LogP contribution in [-0.4, -0.2) is 48.7 Å². The number of methoxy groups -OCH3 is 1. The third kappa shape index (κ3) is 3.04. The van der Waals surface area contributed by atoms with E-state index in [0.29, 0.717) is 25.6 Å². The van der Waals surface area contributed by atoms with Gasteiger partial charge in [-0.15, -0.1) is 0 Å². The highest BCUT2D eigenvalue weighted by molar-refractivity contribution is 5.92. The number of amides is 1. The number of rotatable bonds is 6. The maximum Gasteiger partial charge on any atom is 0.270 e. The van der Waals surface area contributed by atoms with E-state index in [1.165, 1.54) is 0 Å². The van der Waals surface area contributed by atoms with Crippen LogP contribution in [0.3, 0.4) is 0 Å². The van der Waals surface area contributed by atoms with Gasteiger partial charge in [0.2, 0.25) is 0 Å². The molecule has 0 bridgehead atoms. The molecule has 0 radical (unpaired) electrons. The van der Waals surface area contributed by atoms with Crippen molar-refractivity contribution in [3.05, 3.63) is 24.0 Å². The zero-order chi connectivity index (χ0) is 14.5. The van der Waals surface area contributed by atoms with Gasteiger partial charge in [-0.2, -0.15) is 0 Å². The summed E-state index contributed by atoms with van der Waals surface area (Å²) in [6.45, 7) is 1.96. The molecule has 2 N–H and O–H groups in total. The minimum absolute atomic E-state index is 0.0800. The third-order valence-electron chi connectivity index (χ3n) is 4.32. The summed E-state index contributed by atoms with van der Waals surface area (Å²) in [6.07, 6.45) is 5.27. The number of carbonyl (C=O) groups excluding carboxylic acids is 1. The Kier molecular flexibility index (Phi) is 5.20. The summed E-state index contributed by atoms with van der Waals surface area (Å²) >= 11 is 0. The van der Waals surface area contributed by atoms with Crippen molar-refractivity contribution in [3.8, 4) is 0 Å². The van der Waals surface area contributed by atoms with Gasteiger partial charge in [-0.25, -0.2) is 0 Å². The van der Waals surface area contributed by atoms with E-state index < -0.39 is 0 Å². The van der Waals surface area contributed by atoms with Gasteiger partial charge in [0.25, 0.3) is 5.91 Å². The van der Waals surface area contributed by atoms with Crippen molar-refractivity contribution in [2.24, 2.45) is 11.7 Å². The standard InChI is InChI=1S/C15H25N3O2/c1-17(13-6-3-5-12(13)11-16)15(19)14-7-4-8-18(14)9-10-20-2/h4,7-8,12-13H,3,5-6,9-11,16H2,1-2H3. The van der Waals surface area contributed by atoms with E-state index in [4.69, 9.17) is 10.5 Å². The lowest BCUT2D eigenvalue weighted by Crippen LogP contribution is -2.42. The quantitative estimate of drug-likeness (QED) is 0.854. The number of nitrogens with zero attached hydrogens (tertiary/aromatic N) is 2. The number of hydrogen-bond acceptors (Lipinski definition) is 3. The van der Waals surface area contributed by atoms with E-state index in [9.17, 15) is 4.79 Å². The van der Waals surface area contributed by atoms with Crippen LogP contribution in [0, 0.1) is 5.92 Å². The third-order valence-corrected chi connectivity index (χ3v) is 4.32. The van der Waals surface area contributed by atoms with Gasteiger partial charge in [-0.05, 0) is 37.4 Å². The molecule has 2 rings (SSSR count). The van der Waals surface area contributed by atoms with Gasteiger partial charge >= 0.3 is 0 Å². The van der Waals surface area contributed by atoms with Crippen molar-refractivity contribution in [3.63, 3.8) is 0 Å². The summed E-state index contributed by atoms with van der Waals surface area (Å²) in [5, 5.41) is 0. The van der Waals surface area contributed by atoms with Crippen molar-refractivity contribution < 1.29 is 9.53 Å². The van der Waals surface area contributed by atoms with Gasteiger partial charge in [0.1, 0.15) is 5.69 Å². The molecule has 5 heteroatoms. The second-order valence-electron chi connectivity index (χ2n) is 5.49. The average molecular weight is 279 g/mol. The molecule has 0 aromatic carbocycles. The highest BCUT2D eigenvalue weighted by Gasteiger charge is 2.32. The highest BCUT2D eigenvalue weighted by Crippen LogP contribution is 2.29. The molecule has 1 heterocycles. The maximum absolute atomic E-state index is 12.7. The minimum atomic E-state index is 0.0800. The fraction of sp³-hybridized carbons (Fsp3) is 0.667. The Morgan fingerprint density at radius 3 is 3.05 bits per heavy atom. The molecule has 2 unspecified atom stereocenters. The first kappa shape index (κ1) is 15.1. The molecule has 112 valence electrons. The Bertz CT molecular complexity index is 444. The van der Waals surface area contributed by atoms with Crippen LogP contribution in [0.15, 0.2) is 18.3 Å². The van der Waals surface area contributed by atoms with Gasteiger partial charge in [0.05, 0.1) is 6.61 Å². The summed E-state index contributed by atoms with van der Waals surface area (Å²) < 4.78 is 7.04. The zero-order valence-electron chi connectivity index (χ0n) is 12.4. The lowest BCUT2D eigenvalue weighted by atomic mass is 10.0. The van der Waals surface area contributed by atoms with Crippen LogP contribution in [0.2, 0.25) is 0 Å². The molecule has 1 aromatic heterocycles. The molecule has 1 saturated carbocycles. The van der Waals surface area contributed by atoms with Gasteiger partial charge < -0.3 is 19.9 Å². The molecular weight excluding hydrogens is 254 g/mol. The molecule has 0 aliphatic heterocycles. The van der Waals surface area contributed by atoms with Gasteiger partial charge in [0, 0.05) is 32.9 Å². The molecule has 1 fully saturated rings. The van der Waals surface area contributed by atoms with Crippen LogP contribution in [-0.2, 0) is 11.3 Å². The lowest BCUT2D eigenvalue weighted by Gasteiger charge is -2.29. The number of aromatic nitrogens is 1. The molecule has 0 spiro atoms. The monoisotopic (exact) mass is 279 g/mol. The topological polar surface area (TPSA) is 60.5 Å². The second-order valence-corrected chi connectivity index (χ2v) is 5.49. The molecular formula is C15H25N3O2. The molecule has 5 nitrogen and oxygen atoms in total. The predicted octanol–water partition coefficient (Wildman–Crippen LogP) is 1.33. The Hall–Kier alpha value is -1.33. The molecule has 1 aromatic rings. The lowest BCUT2D eigenvalue weighted by molar-refractivity contribution is 0.0686. The molecule has 1 aliphatic carbocycles. The van der Waals surface area contributed by atoms with E-state index in [2.05, 4.69) is 0 Å². The molecule has 2 atom stereocenters. The van der Waals surface area contributed by atoms with Crippen molar-refractivity contribution in [2.45, 2.75) is 31.8 Å². The van der Waals surface area contributed by atoms with Crippen LogP contribution in [0.25, 0.3) is 0 Å². The van der Waals surface area contributed by atoms with E-state index in [1.54, 1.807) is 7.11 Å². The number of hydrogen-bond donors (Lipinski definition) is 1. The first-order chi connectivity index (χ1) is 9.69. The number of ether oxygens (including phenoxy) is 1. The maximum atomic E-state index is 12.7. The predicted molar refractivity (Wildman–Crippen MR) is 78.6 cm³/mol. The Morgan fingerprint density at radius 2 is 2.35 bits per heavy atom. The van der Waals surface area contributed by atoms with Crippen LogP contribution in [0.4, 0.5) is 0 Å². The van der Waals surface area contributed by atoms with Crippen molar-refractivity contribution in [1.29, 1.82) is 0 Å². The number of nitrogens with two attached hydrogens (primary N) is 1. The normalized spacial score (nSPS) is 22.1. The summed E-state index contributed by atoms with van der Waals surface area (Å²) in [5.41, 5.74) is 6.55. The smallest absolute Gasteiger partial charge is 0.270 e. The molecule has 20 heavy (non-hydrogen) atoms. The van der Waals surface area contributed by atoms with E-state index in [0.717, 1.165) is 25.0 Å².